The first kappa shape index (κ1) is 20.0. The van der Waals surface area contributed by atoms with Crippen LogP contribution in [-0.2, 0) is 0 Å². The largest absolute Gasteiger partial charge is 0.306 e. The molecule has 2 unspecified atom stereocenters. The van der Waals surface area contributed by atoms with Crippen LogP contribution in [0.3, 0.4) is 0 Å². The fraction of sp³-hybridized carbons (Fsp3) is 1.00. The predicted octanol–water partition coefficient (Wildman–Crippen LogP) is 4.60. The maximum atomic E-state index is 2.63. The Bertz CT molecular complexity index is 267. The van der Waals surface area contributed by atoms with E-state index in [9.17, 15) is 0 Å². The summed E-state index contributed by atoms with van der Waals surface area (Å²) in [5.41, 5.74) is 0. The standard InChI is InChI=1S/C11H23N.C9H19N/c1-9(2)6-12-7-10(3)5-11(4)8-12;1-8(2)9-4-6-10(3)7-5-9/h9-11H,5-8H2,1-4H3;8-9H,4-7H2,1-3H3. The van der Waals surface area contributed by atoms with E-state index in [0.717, 1.165) is 29.6 Å². The Kier molecular flexibility index (Phi) is 9.01. The molecular weight excluding hydrogens is 268 g/mol. The quantitative estimate of drug-likeness (QED) is 0.751. The van der Waals surface area contributed by atoms with Gasteiger partial charge in [-0.25, -0.2) is 0 Å². The average Bonchev–Trinajstić information content (AvgIpc) is 2.37. The fourth-order valence-corrected chi connectivity index (χ4v) is 4.15. The van der Waals surface area contributed by atoms with Gasteiger partial charge in [0.15, 0.2) is 0 Å². The maximum Gasteiger partial charge on any atom is 0.000735 e. The summed E-state index contributed by atoms with van der Waals surface area (Å²) in [6, 6.07) is 0. The molecule has 0 N–H and O–H groups in total. The highest BCUT2D eigenvalue weighted by atomic mass is 15.1. The summed E-state index contributed by atoms with van der Waals surface area (Å²) in [6.07, 6.45) is 4.25. The van der Waals surface area contributed by atoms with Crippen LogP contribution in [0.4, 0.5) is 0 Å². The zero-order chi connectivity index (χ0) is 16.7. The van der Waals surface area contributed by atoms with E-state index < -0.39 is 0 Å². The van der Waals surface area contributed by atoms with E-state index in [1.807, 2.05) is 0 Å². The summed E-state index contributed by atoms with van der Waals surface area (Å²) >= 11 is 0. The first-order valence-corrected chi connectivity index (χ1v) is 9.68. The lowest BCUT2D eigenvalue weighted by Gasteiger charge is -2.35. The molecule has 22 heavy (non-hydrogen) atoms. The number of rotatable bonds is 3. The van der Waals surface area contributed by atoms with Crippen LogP contribution >= 0.6 is 0 Å². The van der Waals surface area contributed by atoms with E-state index in [1.165, 1.54) is 52.0 Å². The maximum absolute atomic E-state index is 2.63. The molecular formula is C20H42N2. The average molecular weight is 311 g/mol. The SMILES string of the molecule is CC(C)C1CCN(C)CC1.CC(C)CN1CC(C)CC(C)C1. The van der Waals surface area contributed by atoms with Crippen molar-refractivity contribution >= 4 is 0 Å². The van der Waals surface area contributed by atoms with Gasteiger partial charge in [-0.1, -0.05) is 41.5 Å². The number of hydrogen-bond acceptors (Lipinski definition) is 2. The molecule has 0 bridgehead atoms. The second-order valence-corrected chi connectivity index (χ2v) is 8.94. The lowest BCUT2D eigenvalue weighted by Crippen LogP contribution is -2.40. The number of likely N-dealkylation sites (tertiary alicyclic amines) is 2. The number of hydrogen-bond donors (Lipinski definition) is 0. The highest BCUT2D eigenvalue weighted by Crippen LogP contribution is 2.23. The van der Waals surface area contributed by atoms with E-state index in [0.29, 0.717) is 0 Å². The Hall–Kier alpha value is -0.0800. The van der Waals surface area contributed by atoms with Crippen molar-refractivity contribution in [1.29, 1.82) is 0 Å². The number of piperidine rings is 2. The van der Waals surface area contributed by atoms with Crippen LogP contribution in [0.2, 0.25) is 0 Å². The monoisotopic (exact) mass is 310 g/mol. The van der Waals surface area contributed by atoms with Gasteiger partial charge in [-0.05, 0) is 69.0 Å². The van der Waals surface area contributed by atoms with Crippen molar-refractivity contribution in [3.63, 3.8) is 0 Å². The van der Waals surface area contributed by atoms with Gasteiger partial charge < -0.3 is 9.80 Å². The van der Waals surface area contributed by atoms with Gasteiger partial charge in [-0.3, -0.25) is 0 Å². The molecule has 0 spiro atoms. The summed E-state index contributed by atoms with van der Waals surface area (Å²) in [7, 11) is 2.22. The Morgan fingerprint density at radius 1 is 0.909 bits per heavy atom. The van der Waals surface area contributed by atoms with Crippen molar-refractivity contribution in [2.75, 3.05) is 39.8 Å². The van der Waals surface area contributed by atoms with Gasteiger partial charge in [-0.2, -0.15) is 0 Å². The van der Waals surface area contributed by atoms with Gasteiger partial charge in [0.1, 0.15) is 0 Å². The second kappa shape index (κ2) is 9.93. The van der Waals surface area contributed by atoms with Crippen LogP contribution in [0.5, 0.6) is 0 Å². The molecule has 2 nitrogen and oxygen atoms in total. The van der Waals surface area contributed by atoms with Gasteiger partial charge in [-0.15, -0.1) is 0 Å². The molecule has 0 radical (unpaired) electrons. The van der Waals surface area contributed by atoms with Crippen LogP contribution in [0, 0.1) is 29.6 Å². The van der Waals surface area contributed by atoms with Crippen molar-refractivity contribution in [3.8, 4) is 0 Å². The van der Waals surface area contributed by atoms with Gasteiger partial charge in [0.05, 0.1) is 0 Å². The molecule has 0 aromatic carbocycles. The molecule has 2 aliphatic rings. The molecule has 2 fully saturated rings. The van der Waals surface area contributed by atoms with Gasteiger partial charge in [0.25, 0.3) is 0 Å². The fourth-order valence-electron chi connectivity index (χ4n) is 4.15. The van der Waals surface area contributed by atoms with E-state index in [4.69, 9.17) is 0 Å². The summed E-state index contributed by atoms with van der Waals surface area (Å²) in [6.45, 7) is 20.6. The first-order valence-electron chi connectivity index (χ1n) is 9.68. The molecule has 2 rings (SSSR count). The topological polar surface area (TPSA) is 6.48 Å². The molecule has 0 amide bonds. The van der Waals surface area contributed by atoms with Crippen LogP contribution in [-0.4, -0.2) is 49.6 Å². The van der Waals surface area contributed by atoms with Crippen LogP contribution in [0.25, 0.3) is 0 Å². The van der Waals surface area contributed by atoms with Gasteiger partial charge in [0, 0.05) is 19.6 Å². The van der Waals surface area contributed by atoms with Crippen molar-refractivity contribution < 1.29 is 0 Å². The zero-order valence-electron chi connectivity index (χ0n) is 16.4. The summed E-state index contributed by atoms with van der Waals surface area (Å²) in [5.74, 6) is 4.53. The van der Waals surface area contributed by atoms with Crippen LogP contribution < -0.4 is 0 Å². The molecule has 2 atom stereocenters. The lowest BCUT2D eigenvalue weighted by molar-refractivity contribution is 0.128. The summed E-state index contributed by atoms with van der Waals surface area (Å²) in [4.78, 5) is 5.06. The summed E-state index contributed by atoms with van der Waals surface area (Å²) < 4.78 is 0. The minimum Gasteiger partial charge on any atom is -0.306 e. The minimum absolute atomic E-state index is 0.822. The number of nitrogens with zero attached hydrogens (tertiary/aromatic N) is 2. The molecule has 2 heterocycles. The van der Waals surface area contributed by atoms with E-state index >= 15 is 0 Å². The first-order chi connectivity index (χ1) is 10.3. The zero-order valence-corrected chi connectivity index (χ0v) is 16.4. The molecule has 0 aromatic rings. The van der Waals surface area contributed by atoms with E-state index in [-0.39, 0.29) is 0 Å². The van der Waals surface area contributed by atoms with Gasteiger partial charge in [0.2, 0.25) is 0 Å². The molecule has 132 valence electrons. The summed E-state index contributed by atoms with van der Waals surface area (Å²) in [5, 5.41) is 0. The highest BCUT2D eigenvalue weighted by molar-refractivity contribution is 4.75. The normalized spacial score (nSPS) is 28.8. The molecule has 2 heteroatoms. The third-order valence-corrected chi connectivity index (χ3v) is 5.27. The van der Waals surface area contributed by atoms with Crippen molar-refractivity contribution in [2.24, 2.45) is 29.6 Å². The lowest BCUT2D eigenvalue weighted by atomic mass is 9.87. The van der Waals surface area contributed by atoms with Crippen LogP contribution in [0.1, 0.15) is 60.8 Å². The molecule has 0 aliphatic carbocycles. The molecule has 0 saturated carbocycles. The smallest absolute Gasteiger partial charge is 0.000735 e. The predicted molar refractivity (Wildman–Crippen MR) is 99.3 cm³/mol. The van der Waals surface area contributed by atoms with Crippen molar-refractivity contribution in [3.05, 3.63) is 0 Å². The van der Waals surface area contributed by atoms with Crippen molar-refractivity contribution in [1.82, 2.24) is 9.80 Å². The molecule has 2 aliphatic heterocycles. The third kappa shape index (κ3) is 7.97. The second-order valence-electron chi connectivity index (χ2n) is 8.94. The highest BCUT2D eigenvalue weighted by Gasteiger charge is 2.21. The van der Waals surface area contributed by atoms with E-state index in [1.54, 1.807) is 0 Å². The molecule has 2 saturated heterocycles. The molecule has 0 aromatic heterocycles. The third-order valence-electron chi connectivity index (χ3n) is 5.27. The van der Waals surface area contributed by atoms with E-state index in [2.05, 4.69) is 58.4 Å². The Labute approximate surface area is 140 Å². The Morgan fingerprint density at radius 2 is 1.41 bits per heavy atom. The van der Waals surface area contributed by atoms with Gasteiger partial charge >= 0.3 is 0 Å². The Morgan fingerprint density at radius 3 is 1.82 bits per heavy atom. The van der Waals surface area contributed by atoms with Crippen LogP contribution in [0.15, 0.2) is 0 Å². The minimum atomic E-state index is 0.822. The Balaban J connectivity index is 0.000000224. The van der Waals surface area contributed by atoms with Crippen molar-refractivity contribution in [2.45, 2.75) is 60.8 Å².